The van der Waals surface area contributed by atoms with Gasteiger partial charge in [-0.2, -0.15) is 0 Å². The second-order valence-corrected chi connectivity index (χ2v) is 5.94. The molecular weight excluding hydrogens is 314 g/mol. The molecule has 0 spiro atoms. The fourth-order valence-electron chi connectivity index (χ4n) is 2.71. The molecule has 0 saturated heterocycles. The molecule has 23 heavy (non-hydrogen) atoms. The van der Waals surface area contributed by atoms with Crippen molar-refractivity contribution in [3.63, 3.8) is 0 Å². The van der Waals surface area contributed by atoms with Crippen LogP contribution in [0.4, 0.5) is 0 Å². The molecule has 0 aromatic heterocycles. The molecule has 0 fully saturated rings. The Morgan fingerprint density at radius 2 is 2.17 bits per heavy atom. The zero-order valence-corrected chi connectivity index (χ0v) is 14.5. The summed E-state index contributed by atoms with van der Waals surface area (Å²) in [5, 5.41) is 3.32. The predicted octanol–water partition coefficient (Wildman–Crippen LogP) is 4.37. The number of methoxy groups -OCH3 is 1. The van der Waals surface area contributed by atoms with Crippen molar-refractivity contribution in [1.29, 1.82) is 0 Å². The van der Waals surface area contributed by atoms with Gasteiger partial charge in [-0.25, -0.2) is 0 Å². The van der Waals surface area contributed by atoms with Crippen LogP contribution in [0, 0.1) is 0 Å². The largest absolute Gasteiger partial charge is 0.493 e. The van der Waals surface area contributed by atoms with Crippen LogP contribution in [0.5, 0.6) is 11.5 Å². The van der Waals surface area contributed by atoms with Crippen LogP contribution in [0.25, 0.3) is 0 Å². The van der Waals surface area contributed by atoms with Crippen LogP contribution in [0.3, 0.4) is 0 Å². The first-order valence-corrected chi connectivity index (χ1v) is 8.50. The fourth-order valence-corrected chi connectivity index (χ4v) is 2.97. The third-order valence-corrected chi connectivity index (χ3v) is 4.18. The molecule has 4 nitrogen and oxygen atoms in total. The van der Waals surface area contributed by atoms with Gasteiger partial charge in [0.2, 0.25) is 0 Å². The molecular formula is C18H24ClNO3. The molecule has 0 bridgehead atoms. The zero-order valence-electron chi connectivity index (χ0n) is 13.8. The molecule has 0 atom stereocenters. The van der Waals surface area contributed by atoms with E-state index in [0.29, 0.717) is 35.2 Å². The topological polar surface area (TPSA) is 47.6 Å². The van der Waals surface area contributed by atoms with Crippen molar-refractivity contribution in [2.24, 2.45) is 0 Å². The van der Waals surface area contributed by atoms with Crippen molar-refractivity contribution < 1.29 is 14.3 Å². The highest BCUT2D eigenvalue weighted by Gasteiger charge is 2.15. The van der Waals surface area contributed by atoms with Gasteiger partial charge < -0.3 is 14.8 Å². The number of amides is 1. The molecule has 1 N–H and O–H groups in total. The number of halogens is 1. The summed E-state index contributed by atoms with van der Waals surface area (Å²) < 4.78 is 10.7. The number of rotatable bonds is 7. The predicted molar refractivity (Wildman–Crippen MR) is 92.7 cm³/mol. The SMILES string of the molecule is CCOc1c(Cl)cc(C(=O)NCCC2=CCCCC2)cc1OC. The van der Waals surface area contributed by atoms with Crippen LogP contribution in [0.15, 0.2) is 23.8 Å². The smallest absolute Gasteiger partial charge is 0.251 e. The monoisotopic (exact) mass is 337 g/mol. The van der Waals surface area contributed by atoms with E-state index in [1.54, 1.807) is 12.1 Å². The Hall–Kier alpha value is -1.68. The molecule has 0 radical (unpaired) electrons. The summed E-state index contributed by atoms with van der Waals surface area (Å²) in [7, 11) is 1.53. The quantitative estimate of drug-likeness (QED) is 0.752. The van der Waals surface area contributed by atoms with Gasteiger partial charge in [-0.1, -0.05) is 23.3 Å². The average Bonchev–Trinajstić information content (AvgIpc) is 2.57. The van der Waals surface area contributed by atoms with E-state index in [-0.39, 0.29) is 5.91 Å². The Bertz CT molecular complexity index is 584. The van der Waals surface area contributed by atoms with E-state index in [2.05, 4.69) is 11.4 Å². The van der Waals surface area contributed by atoms with E-state index < -0.39 is 0 Å². The van der Waals surface area contributed by atoms with Crippen molar-refractivity contribution in [3.05, 3.63) is 34.4 Å². The van der Waals surface area contributed by atoms with Gasteiger partial charge in [-0.15, -0.1) is 0 Å². The van der Waals surface area contributed by atoms with Gasteiger partial charge in [-0.3, -0.25) is 4.79 Å². The summed E-state index contributed by atoms with van der Waals surface area (Å²) in [6.07, 6.45) is 8.05. The maximum absolute atomic E-state index is 12.3. The van der Waals surface area contributed by atoms with Gasteiger partial charge in [0.1, 0.15) is 0 Å². The van der Waals surface area contributed by atoms with Crippen LogP contribution in [0.2, 0.25) is 5.02 Å². The third-order valence-electron chi connectivity index (χ3n) is 3.90. The number of ether oxygens (including phenoxy) is 2. The van der Waals surface area contributed by atoms with Gasteiger partial charge in [0, 0.05) is 12.1 Å². The minimum atomic E-state index is -0.148. The first-order chi connectivity index (χ1) is 11.2. The zero-order chi connectivity index (χ0) is 16.7. The summed E-state index contributed by atoms with van der Waals surface area (Å²) in [5.41, 5.74) is 1.92. The van der Waals surface area contributed by atoms with Gasteiger partial charge in [0.05, 0.1) is 18.7 Å². The first-order valence-electron chi connectivity index (χ1n) is 8.12. The number of carbonyl (C=O) groups is 1. The Morgan fingerprint density at radius 3 is 2.83 bits per heavy atom. The van der Waals surface area contributed by atoms with Crippen molar-refractivity contribution in [1.82, 2.24) is 5.32 Å². The molecule has 0 aliphatic heterocycles. The van der Waals surface area contributed by atoms with Gasteiger partial charge >= 0.3 is 0 Å². The molecule has 1 aliphatic rings. The molecule has 0 heterocycles. The minimum absolute atomic E-state index is 0.148. The van der Waals surface area contributed by atoms with E-state index in [0.717, 1.165) is 19.3 Å². The minimum Gasteiger partial charge on any atom is -0.493 e. The number of benzene rings is 1. The van der Waals surface area contributed by atoms with E-state index >= 15 is 0 Å². The lowest BCUT2D eigenvalue weighted by Crippen LogP contribution is -2.25. The van der Waals surface area contributed by atoms with Crippen LogP contribution in [0.1, 0.15) is 49.4 Å². The highest BCUT2D eigenvalue weighted by Crippen LogP contribution is 2.36. The van der Waals surface area contributed by atoms with E-state index in [1.807, 2.05) is 6.92 Å². The normalized spacial score (nSPS) is 14.1. The van der Waals surface area contributed by atoms with Gasteiger partial charge in [-0.05, 0) is 51.2 Å². The standard InChI is InChI=1S/C18H24ClNO3/c1-3-23-17-15(19)11-14(12-16(17)22-2)18(21)20-10-9-13-7-5-4-6-8-13/h7,11-12H,3-6,8-10H2,1-2H3,(H,20,21). The lowest BCUT2D eigenvalue weighted by molar-refractivity contribution is 0.0953. The molecule has 0 unspecified atom stereocenters. The summed E-state index contributed by atoms with van der Waals surface area (Å²) >= 11 is 6.20. The van der Waals surface area contributed by atoms with Crippen molar-refractivity contribution in [2.75, 3.05) is 20.3 Å². The molecule has 1 aromatic rings. The molecule has 1 amide bonds. The van der Waals surface area contributed by atoms with E-state index in [4.69, 9.17) is 21.1 Å². The molecule has 2 rings (SSSR count). The van der Waals surface area contributed by atoms with Crippen LogP contribution in [-0.2, 0) is 0 Å². The number of allylic oxidation sites excluding steroid dienone is 1. The molecule has 1 aromatic carbocycles. The van der Waals surface area contributed by atoms with E-state index in [9.17, 15) is 4.79 Å². The molecule has 0 saturated carbocycles. The van der Waals surface area contributed by atoms with E-state index in [1.165, 1.54) is 25.5 Å². The van der Waals surface area contributed by atoms with Crippen LogP contribution in [-0.4, -0.2) is 26.2 Å². The van der Waals surface area contributed by atoms with Gasteiger partial charge in [0.25, 0.3) is 5.91 Å². The second-order valence-electron chi connectivity index (χ2n) is 5.54. The maximum atomic E-state index is 12.3. The molecule has 5 heteroatoms. The second kappa shape index (κ2) is 8.82. The number of carbonyl (C=O) groups excluding carboxylic acids is 1. The van der Waals surface area contributed by atoms with Crippen molar-refractivity contribution in [3.8, 4) is 11.5 Å². The summed E-state index contributed by atoms with van der Waals surface area (Å²) in [6.45, 7) is 2.99. The Morgan fingerprint density at radius 1 is 1.35 bits per heavy atom. The van der Waals surface area contributed by atoms with Gasteiger partial charge in [0.15, 0.2) is 11.5 Å². The lowest BCUT2D eigenvalue weighted by Gasteiger charge is -2.14. The summed E-state index contributed by atoms with van der Waals surface area (Å²) in [5.74, 6) is 0.796. The van der Waals surface area contributed by atoms with Crippen molar-refractivity contribution >= 4 is 17.5 Å². The Labute approximate surface area is 142 Å². The number of hydrogen-bond acceptors (Lipinski definition) is 3. The van der Waals surface area contributed by atoms with Crippen LogP contribution < -0.4 is 14.8 Å². The Balaban J connectivity index is 1.98. The third kappa shape index (κ3) is 4.90. The fraction of sp³-hybridized carbons (Fsp3) is 0.500. The highest BCUT2D eigenvalue weighted by molar-refractivity contribution is 6.32. The van der Waals surface area contributed by atoms with Crippen LogP contribution >= 0.6 is 11.6 Å². The Kier molecular flexibility index (Phi) is 6.78. The molecule has 126 valence electrons. The summed E-state index contributed by atoms with van der Waals surface area (Å²) in [4.78, 5) is 12.3. The summed E-state index contributed by atoms with van der Waals surface area (Å²) in [6, 6.07) is 3.27. The first kappa shape index (κ1) is 17.7. The maximum Gasteiger partial charge on any atom is 0.251 e. The average molecular weight is 338 g/mol. The highest BCUT2D eigenvalue weighted by atomic mass is 35.5. The lowest BCUT2D eigenvalue weighted by atomic mass is 9.97. The number of hydrogen-bond donors (Lipinski definition) is 1. The molecule has 1 aliphatic carbocycles. The number of nitrogens with one attached hydrogen (secondary N) is 1. The van der Waals surface area contributed by atoms with Crippen molar-refractivity contribution in [2.45, 2.75) is 39.0 Å².